The van der Waals surface area contributed by atoms with Gasteiger partial charge in [0.05, 0.1) is 19.8 Å². The summed E-state index contributed by atoms with van der Waals surface area (Å²) in [5, 5.41) is 8.34. The third-order valence-corrected chi connectivity index (χ3v) is 2.17. The Morgan fingerprint density at radius 1 is 1.53 bits per heavy atom. The van der Waals surface area contributed by atoms with Crippen molar-refractivity contribution in [1.82, 2.24) is 0 Å². The van der Waals surface area contributed by atoms with Gasteiger partial charge in [0, 0.05) is 0 Å². The van der Waals surface area contributed by atoms with Crippen molar-refractivity contribution in [1.29, 1.82) is 0 Å². The molecule has 0 bridgehead atoms. The number of phosphoric ester groups is 1. The molecule has 0 aliphatic rings. The van der Waals surface area contributed by atoms with Crippen LogP contribution < -0.4 is 0 Å². The minimum atomic E-state index is -4.16. The van der Waals surface area contributed by atoms with Gasteiger partial charge in [0.1, 0.15) is 6.10 Å². The van der Waals surface area contributed by atoms with Gasteiger partial charge in [-0.25, -0.2) is 4.57 Å². The maximum Gasteiger partial charge on any atom is 0.472 e. The smallest absolute Gasteiger partial charge is 0.469 e. The molecule has 15 heavy (non-hydrogen) atoms. The molecular formula is C6H14BO7P. The van der Waals surface area contributed by atoms with E-state index in [4.69, 9.17) is 10.00 Å². The highest BCUT2D eigenvalue weighted by molar-refractivity contribution is 7.47. The molecule has 9 heteroatoms. The number of rotatable bonds is 7. The SMILES string of the molecule is BC(=O)OC(C)COP(=O)(O)OCCO. The van der Waals surface area contributed by atoms with Gasteiger partial charge in [0.2, 0.25) is 13.7 Å². The third-order valence-electron chi connectivity index (χ3n) is 1.19. The summed E-state index contributed by atoms with van der Waals surface area (Å²) >= 11 is 0. The molecule has 0 amide bonds. The topological polar surface area (TPSA) is 102 Å². The van der Waals surface area contributed by atoms with Crippen LogP contribution >= 0.6 is 7.82 Å². The van der Waals surface area contributed by atoms with E-state index in [2.05, 4.69) is 13.8 Å². The Labute approximate surface area is 88.4 Å². The molecule has 0 aliphatic carbocycles. The molecule has 7 nitrogen and oxygen atoms in total. The van der Waals surface area contributed by atoms with Crippen molar-refractivity contribution in [3.05, 3.63) is 0 Å². The Morgan fingerprint density at radius 3 is 2.60 bits per heavy atom. The first-order chi connectivity index (χ1) is 6.87. The first-order valence-electron chi connectivity index (χ1n) is 4.27. The molecule has 0 saturated carbocycles. The number of hydrogen-bond acceptors (Lipinski definition) is 6. The van der Waals surface area contributed by atoms with E-state index in [0.29, 0.717) is 0 Å². The fourth-order valence-electron chi connectivity index (χ4n) is 0.710. The fourth-order valence-corrected chi connectivity index (χ4v) is 1.50. The second-order valence-corrected chi connectivity index (χ2v) is 4.19. The molecule has 0 aliphatic heterocycles. The van der Waals surface area contributed by atoms with Gasteiger partial charge in [-0.15, -0.1) is 0 Å². The van der Waals surface area contributed by atoms with Crippen molar-refractivity contribution in [2.24, 2.45) is 0 Å². The van der Waals surface area contributed by atoms with Crippen molar-refractivity contribution in [2.45, 2.75) is 13.0 Å². The highest BCUT2D eigenvalue weighted by Crippen LogP contribution is 2.42. The first kappa shape index (κ1) is 14.6. The predicted molar refractivity (Wildman–Crippen MR) is 53.3 cm³/mol. The second kappa shape index (κ2) is 6.97. The van der Waals surface area contributed by atoms with Crippen LogP contribution in [0.5, 0.6) is 0 Å². The zero-order chi connectivity index (χ0) is 11.9. The minimum absolute atomic E-state index is 0.251. The molecule has 0 aromatic rings. The average Bonchev–Trinajstić information content (AvgIpc) is 2.11. The molecule has 0 saturated heterocycles. The number of phosphoric acid groups is 1. The molecule has 0 heterocycles. The van der Waals surface area contributed by atoms with Crippen LogP contribution in [0.2, 0.25) is 0 Å². The van der Waals surface area contributed by atoms with Crippen LogP contribution in [0.4, 0.5) is 4.79 Å². The summed E-state index contributed by atoms with van der Waals surface area (Å²) in [6, 6.07) is 0. The molecular weight excluding hydrogens is 226 g/mol. The standard InChI is InChI=1S/C6H14BO7P/c1-5(14-6(7)9)4-13-15(10,11)12-3-2-8/h5,8H,2-4,7H2,1H3,(H,10,11). The third kappa shape index (κ3) is 8.59. The summed E-state index contributed by atoms with van der Waals surface area (Å²) in [5.74, 6) is -0.504. The summed E-state index contributed by atoms with van der Waals surface area (Å²) in [6.45, 7) is 0.579. The number of aliphatic hydroxyl groups is 1. The van der Waals surface area contributed by atoms with Gasteiger partial charge in [-0.1, -0.05) is 0 Å². The molecule has 2 N–H and O–H groups in total. The average molecular weight is 240 g/mol. The monoisotopic (exact) mass is 240 g/mol. The predicted octanol–water partition coefficient (Wildman–Crippen LogP) is -0.730. The first-order valence-corrected chi connectivity index (χ1v) is 5.77. The maximum atomic E-state index is 11.0. The van der Waals surface area contributed by atoms with E-state index in [1.165, 1.54) is 14.8 Å². The lowest BCUT2D eigenvalue weighted by molar-refractivity contribution is 0.0647. The molecule has 0 aromatic heterocycles. The molecule has 0 spiro atoms. The van der Waals surface area contributed by atoms with Crippen LogP contribution in [-0.4, -0.2) is 49.6 Å². The highest BCUT2D eigenvalue weighted by Gasteiger charge is 2.22. The quantitative estimate of drug-likeness (QED) is 0.446. The van der Waals surface area contributed by atoms with Gasteiger partial charge >= 0.3 is 7.82 Å². The van der Waals surface area contributed by atoms with Crippen LogP contribution in [0.25, 0.3) is 0 Å². The number of carbonyl (C=O) groups excluding carboxylic acids is 1. The molecule has 0 aromatic carbocycles. The molecule has 0 rings (SSSR count). The summed E-state index contributed by atoms with van der Waals surface area (Å²) in [4.78, 5) is 19.5. The van der Waals surface area contributed by atoms with E-state index < -0.39 is 19.8 Å². The van der Waals surface area contributed by atoms with Gasteiger partial charge in [-0.3, -0.25) is 13.8 Å². The van der Waals surface area contributed by atoms with Gasteiger partial charge in [-0.05, 0) is 6.92 Å². The van der Waals surface area contributed by atoms with Crippen LogP contribution in [0.3, 0.4) is 0 Å². The van der Waals surface area contributed by atoms with Crippen LogP contribution in [0, 0.1) is 0 Å². The summed E-state index contributed by atoms with van der Waals surface area (Å²) in [7, 11) is -2.94. The Bertz CT molecular complexity index is 246. The Balaban J connectivity index is 3.82. The summed E-state index contributed by atoms with van der Waals surface area (Å²) < 4.78 is 24.5. The van der Waals surface area contributed by atoms with Crippen LogP contribution in [0.15, 0.2) is 0 Å². The zero-order valence-corrected chi connectivity index (χ0v) is 9.48. The lowest BCUT2D eigenvalue weighted by atomic mass is 10.2. The maximum absolute atomic E-state index is 11.0. The number of hydrogen-bond donors (Lipinski definition) is 2. The lowest BCUT2D eigenvalue weighted by Gasteiger charge is -2.15. The lowest BCUT2D eigenvalue weighted by Crippen LogP contribution is -2.19. The highest BCUT2D eigenvalue weighted by atomic mass is 31.2. The fraction of sp³-hybridized carbons (Fsp3) is 0.833. The Hall–Kier alpha value is -0.395. The molecule has 2 atom stereocenters. The number of aliphatic hydroxyl groups excluding tert-OH is 1. The van der Waals surface area contributed by atoms with Gasteiger partial charge < -0.3 is 14.7 Å². The van der Waals surface area contributed by atoms with E-state index in [-0.39, 0.29) is 19.8 Å². The Kier molecular flexibility index (Phi) is 6.79. The van der Waals surface area contributed by atoms with E-state index in [1.54, 1.807) is 0 Å². The summed E-state index contributed by atoms with van der Waals surface area (Å²) in [5.41, 5.74) is 0. The van der Waals surface area contributed by atoms with Crippen molar-refractivity contribution in [3.63, 3.8) is 0 Å². The van der Waals surface area contributed by atoms with Crippen molar-refractivity contribution in [3.8, 4) is 0 Å². The van der Waals surface area contributed by atoms with Crippen LogP contribution in [0.1, 0.15) is 6.92 Å². The van der Waals surface area contributed by atoms with Crippen molar-refractivity contribution < 1.29 is 33.1 Å². The molecule has 2 unspecified atom stereocenters. The number of ether oxygens (including phenoxy) is 1. The van der Waals surface area contributed by atoms with E-state index in [9.17, 15) is 9.36 Å². The zero-order valence-electron chi connectivity index (χ0n) is 8.58. The largest absolute Gasteiger partial charge is 0.472 e. The summed E-state index contributed by atoms with van der Waals surface area (Å²) in [6.07, 6.45) is -0.638. The molecule has 0 radical (unpaired) electrons. The minimum Gasteiger partial charge on any atom is -0.469 e. The van der Waals surface area contributed by atoms with Gasteiger partial charge in [0.15, 0.2) is 0 Å². The van der Waals surface area contributed by atoms with E-state index >= 15 is 0 Å². The second-order valence-electron chi connectivity index (χ2n) is 2.74. The van der Waals surface area contributed by atoms with Crippen molar-refractivity contribution in [2.75, 3.05) is 19.8 Å². The molecule has 0 fully saturated rings. The Morgan fingerprint density at radius 2 is 2.13 bits per heavy atom. The van der Waals surface area contributed by atoms with E-state index in [1.807, 2.05) is 0 Å². The normalized spacial score (nSPS) is 16.7. The van der Waals surface area contributed by atoms with Crippen molar-refractivity contribution >= 4 is 21.5 Å². The number of carbonyl (C=O) groups is 1. The van der Waals surface area contributed by atoms with Gasteiger partial charge in [-0.2, -0.15) is 0 Å². The van der Waals surface area contributed by atoms with Crippen LogP contribution in [-0.2, 0) is 18.3 Å². The van der Waals surface area contributed by atoms with E-state index in [0.717, 1.165) is 0 Å². The van der Waals surface area contributed by atoms with Gasteiger partial charge in [0.25, 0.3) is 0 Å². The molecule has 88 valence electrons.